The molecule has 0 saturated heterocycles. The monoisotopic (exact) mass is 257 g/mol. The number of hydrogen-bond acceptors (Lipinski definition) is 2. The van der Waals surface area contributed by atoms with Crippen LogP contribution in [0.15, 0.2) is 36.4 Å². The van der Waals surface area contributed by atoms with Crippen molar-refractivity contribution in [3.8, 4) is 0 Å². The van der Waals surface area contributed by atoms with Gasteiger partial charge in [-0.15, -0.1) is 0 Å². The van der Waals surface area contributed by atoms with Crippen molar-refractivity contribution in [3.63, 3.8) is 0 Å². The van der Waals surface area contributed by atoms with E-state index in [4.69, 9.17) is 0 Å². The van der Waals surface area contributed by atoms with E-state index >= 15 is 0 Å². The van der Waals surface area contributed by atoms with E-state index in [2.05, 4.69) is 5.32 Å². The van der Waals surface area contributed by atoms with Gasteiger partial charge in [-0.25, -0.2) is 4.79 Å². The molecule has 0 heterocycles. The first-order valence-electron chi connectivity index (χ1n) is 6.06. The van der Waals surface area contributed by atoms with Crippen LogP contribution >= 0.6 is 0 Å². The Bertz CT molecular complexity index is 647. The van der Waals surface area contributed by atoms with Gasteiger partial charge in [0.2, 0.25) is 5.91 Å². The van der Waals surface area contributed by atoms with E-state index in [-0.39, 0.29) is 17.4 Å². The quantitative estimate of drug-likeness (QED) is 0.887. The van der Waals surface area contributed by atoms with Crippen molar-refractivity contribution in [3.05, 3.63) is 42.0 Å². The first kappa shape index (κ1) is 13.1. The summed E-state index contributed by atoms with van der Waals surface area (Å²) in [5, 5.41) is 13.6. The molecule has 2 rings (SSSR count). The zero-order chi connectivity index (χ0) is 14.0. The van der Waals surface area contributed by atoms with Crippen LogP contribution in [0.2, 0.25) is 0 Å². The van der Waals surface area contributed by atoms with Gasteiger partial charge in [-0.3, -0.25) is 4.79 Å². The maximum Gasteiger partial charge on any atom is 0.337 e. The number of anilines is 1. The third-order valence-electron chi connectivity index (χ3n) is 2.90. The summed E-state index contributed by atoms with van der Waals surface area (Å²) in [4.78, 5) is 23.0. The predicted molar refractivity (Wildman–Crippen MR) is 74.4 cm³/mol. The molecule has 0 unspecified atom stereocenters. The summed E-state index contributed by atoms with van der Waals surface area (Å²) in [7, 11) is 0. The van der Waals surface area contributed by atoms with E-state index in [1.54, 1.807) is 26.0 Å². The minimum Gasteiger partial charge on any atom is -0.478 e. The van der Waals surface area contributed by atoms with E-state index in [9.17, 15) is 14.7 Å². The number of nitrogens with one attached hydrogen (secondary N) is 1. The third kappa shape index (κ3) is 2.73. The van der Waals surface area contributed by atoms with Crippen molar-refractivity contribution in [2.45, 2.75) is 13.8 Å². The highest BCUT2D eigenvalue weighted by atomic mass is 16.4. The van der Waals surface area contributed by atoms with Crippen molar-refractivity contribution in [1.82, 2.24) is 0 Å². The topological polar surface area (TPSA) is 66.4 Å². The molecule has 1 amide bonds. The van der Waals surface area contributed by atoms with Gasteiger partial charge >= 0.3 is 5.97 Å². The Morgan fingerprint density at radius 3 is 2.21 bits per heavy atom. The number of carbonyl (C=O) groups excluding carboxylic acids is 1. The normalized spacial score (nSPS) is 10.7. The maximum absolute atomic E-state index is 11.7. The van der Waals surface area contributed by atoms with Crippen LogP contribution in [0.5, 0.6) is 0 Å². The molecular formula is C15H15NO3. The molecule has 0 aliphatic carbocycles. The second kappa shape index (κ2) is 5.10. The molecule has 0 aliphatic heterocycles. The standard InChI is InChI=1S/C15H15NO3/c1-9(2)14(17)16-13-8-11-6-4-3-5-10(11)7-12(13)15(18)19/h3-9H,1-2H3,(H,16,17)(H,18,19). The molecule has 2 aromatic rings. The molecule has 0 fully saturated rings. The smallest absolute Gasteiger partial charge is 0.337 e. The number of carbonyl (C=O) groups is 2. The number of carboxylic acids is 1. The SMILES string of the molecule is CC(C)C(=O)Nc1cc2ccccc2cc1C(=O)O. The highest BCUT2D eigenvalue weighted by Crippen LogP contribution is 2.24. The van der Waals surface area contributed by atoms with Crippen molar-refractivity contribution >= 4 is 28.3 Å². The molecule has 4 heteroatoms. The maximum atomic E-state index is 11.7. The summed E-state index contributed by atoms with van der Waals surface area (Å²) in [5.74, 6) is -1.45. The number of carboxylic acid groups (broad SMARTS) is 1. The largest absolute Gasteiger partial charge is 0.478 e. The number of hydrogen-bond donors (Lipinski definition) is 2. The molecule has 0 aliphatic rings. The molecule has 0 bridgehead atoms. The molecule has 4 nitrogen and oxygen atoms in total. The third-order valence-corrected chi connectivity index (χ3v) is 2.90. The van der Waals surface area contributed by atoms with Crippen LogP contribution in [0.25, 0.3) is 10.8 Å². The molecule has 0 saturated carbocycles. The van der Waals surface area contributed by atoms with Crippen LogP contribution in [0.4, 0.5) is 5.69 Å². The highest BCUT2D eigenvalue weighted by molar-refractivity contribution is 6.05. The zero-order valence-corrected chi connectivity index (χ0v) is 10.8. The number of fused-ring (bicyclic) bond motifs is 1. The van der Waals surface area contributed by atoms with Gasteiger partial charge < -0.3 is 10.4 Å². The summed E-state index contributed by atoms with van der Waals surface area (Å²) in [6, 6.07) is 10.7. The van der Waals surface area contributed by atoms with Crippen LogP contribution in [0.3, 0.4) is 0 Å². The van der Waals surface area contributed by atoms with Gasteiger partial charge in [-0.1, -0.05) is 38.1 Å². The zero-order valence-electron chi connectivity index (χ0n) is 10.8. The highest BCUT2D eigenvalue weighted by Gasteiger charge is 2.15. The Kier molecular flexibility index (Phi) is 3.51. The van der Waals surface area contributed by atoms with E-state index in [1.165, 1.54) is 0 Å². The van der Waals surface area contributed by atoms with Crippen molar-refractivity contribution in [1.29, 1.82) is 0 Å². The summed E-state index contributed by atoms with van der Waals surface area (Å²) in [5.41, 5.74) is 0.442. The molecule has 2 aromatic carbocycles. The Morgan fingerprint density at radius 2 is 1.68 bits per heavy atom. The first-order chi connectivity index (χ1) is 8.99. The second-order valence-electron chi connectivity index (χ2n) is 4.69. The van der Waals surface area contributed by atoms with Crippen LogP contribution in [0, 0.1) is 5.92 Å². The molecule has 0 aromatic heterocycles. The van der Waals surface area contributed by atoms with Gasteiger partial charge in [0.25, 0.3) is 0 Å². The summed E-state index contributed by atoms with van der Waals surface area (Å²) >= 11 is 0. The van der Waals surface area contributed by atoms with Crippen molar-refractivity contribution in [2.24, 2.45) is 5.92 Å². The lowest BCUT2D eigenvalue weighted by Crippen LogP contribution is -2.19. The van der Waals surface area contributed by atoms with E-state index in [0.29, 0.717) is 5.69 Å². The van der Waals surface area contributed by atoms with Gasteiger partial charge in [-0.05, 0) is 22.9 Å². The van der Waals surface area contributed by atoms with Gasteiger partial charge in [-0.2, -0.15) is 0 Å². The molecule has 2 N–H and O–H groups in total. The molecule has 0 spiro atoms. The average Bonchev–Trinajstić information content (AvgIpc) is 2.37. The van der Waals surface area contributed by atoms with Gasteiger partial charge in [0, 0.05) is 5.92 Å². The number of benzene rings is 2. The van der Waals surface area contributed by atoms with E-state index < -0.39 is 5.97 Å². The van der Waals surface area contributed by atoms with Crippen LogP contribution in [-0.4, -0.2) is 17.0 Å². The minimum absolute atomic E-state index is 0.104. The summed E-state index contributed by atoms with van der Waals surface area (Å²) < 4.78 is 0. The Labute approximate surface area is 111 Å². The van der Waals surface area contributed by atoms with Gasteiger partial charge in [0.15, 0.2) is 0 Å². The fraction of sp³-hybridized carbons (Fsp3) is 0.200. The minimum atomic E-state index is -1.05. The average molecular weight is 257 g/mol. The van der Waals surface area contributed by atoms with E-state index in [0.717, 1.165) is 10.8 Å². The molecular weight excluding hydrogens is 242 g/mol. The Morgan fingerprint density at radius 1 is 1.11 bits per heavy atom. The fourth-order valence-corrected chi connectivity index (χ4v) is 1.80. The lowest BCUT2D eigenvalue weighted by Gasteiger charge is -2.12. The van der Waals surface area contributed by atoms with E-state index in [1.807, 2.05) is 24.3 Å². The fourth-order valence-electron chi connectivity index (χ4n) is 1.80. The van der Waals surface area contributed by atoms with Gasteiger partial charge in [0.1, 0.15) is 0 Å². The molecule has 0 radical (unpaired) electrons. The Balaban J connectivity index is 2.53. The molecule has 98 valence electrons. The number of amides is 1. The lowest BCUT2D eigenvalue weighted by atomic mass is 10.0. The lowest BCUT2D eigenvalue weighted by molar-refractivity contribution is -0.118. The molecule has 0 atom stereocenters. The number of aromatic carboxylic acids is 1. The van der Waals surface area contributed by atoms with Crippen molar-refractivity contribution < 1.29 is 14.7 Å². The summed E-state index contributed by atoms with van der Waals surface area (Å²) in [6.07, 6.45) is 0. The van der Waals surface area contributed by atoms with Crippen LogP contribution in [-0.2, 0) is 4.79 Å². The molecule has 19 heavy (non-hydrogen) atoms. The second-order valence-corrected chi connectivity index (χ2v) is 4.69. The predicted octanol–water partition coefficient (Wildman–Crippen LogP) is 3.13. The van der Waals surface area contributed by atoms with Gasteiger partial charge in [0.05, 0.1) is 11.3 Å². The number of rotatable bonds is 3. The van der Waals surface area contributed by atoms with Crippen LogP contribution < -0.4 is 5.32 Å². The first-order valence-corrected chi connectivity index (χ1v) is 6.06. The van der Waals surface area contributed by atoms with Crippen LogP contribution in [0.1, 0.15) is 24.2 Å². The van der Waals surface area contributed by atoms with Crippen molar-refractivity contribution in [2.75, 3.05) is 5.32 Å². The Hall–Kier alpha value is -2.36. The summed E-state index contributed by atoms with van der Waals surface area (Å²) in [6.45, 7) is 3.52.